The van der Waals surface area contributed by atoms with Gasteiger partial charge >= 0.3 is 0 Å². The number of phenols is 1. The minimum atomic E-state index is -0.494. The standard InChI is InChI=1S/C25H21N3O4/c29-16-11-14-7-10-32-23(14)18(12-16)21-22(25(31)27-24(21)30)19-13-28(15-5-8-26-9-6-15)20-4-2-1-3-17(19)20/h1-4,7,10-13,15,26,29H,5-6,8-9H2,(H,27,30,31). The fourth-order valence-electron chi connectivity index (χ4n) is 5.01. The SMILES string of the molecule is O=C1NC(=O)C(c2cc(O)cc3ccoc23)=C1c1cn(C2CCNCC2)c2ccccc12. The molecule has 0 radical (unpaired) electrons. The molecular weight excluding hydrogens is 406 g/mol. The van der Waals surface area contributed by atoms with Crippen LogP contribution >= 0.6 is 0 Å². The second-order valence-corrected chi connectivity index (χ2v) is 8.31. The number of aromatic nitrogens is 1. The smallest absolute Gasteiger partial charge is 0.259 e. The van der Waals surface area contributed by atoms with Crippen LogP contribution < -0.4 is 10.6 Å². The summed E-state index contributed by atoms with van der Waals surface area (Å²) in [6.45, 7) is 1.89. The van der Waals surface area contributed by atoms with Gasteiger partial charge in [0.05, 0.1) is 17.4 Å². The number of hydrogen-bond acceptors (Lipinski definition) is 5. The molecule has 3 N–H and O–H groups in total. The maximum Gasteiger partial charge on any atom is 0.259 e. The Morgan fingerprint density at radius 2 is 1.72 bits per heavy atom. The number of carbonyl (C=O) groups is 2. The molecular formula is C25H21N3O4. The van der Waals surface area contributed by atoms with Gasteiger partial charge in [-0.05, 0) is 50.2 Å². The fourth-order valence-corrected chi connectivity index (χ4v) is 5.01. The summed E-state index contributed by atoms with van der Waals surface area (Å²) in [6, 6.07) is 13.0. The second-order valence-electron chi connectivity index (χ2n) is 8.31. The largest absolute Gasteiger partial charge is 0.508 e. The van der Waals surface area contributed by atoms with E-state index in [1.807, 2.05) is 24.4 Å². The highest BCUT2D eigenvalue weighted by Crippen LogP contribution is 2.40. The molecule has 0 saturated carbocycles. The first-order chi connectivity index (χ1) is 15.6. The zero-order valence-corrected chi connectivity index (χ0v) is 17.2. The molecule has 6 rings (SSSR count). The van der Waals surface area contributed by atoms with E-state index >= 15 is 0 Å². The van der Waals surface area contributed by atoms with Gasteiger partial charge in [0, 0.05) is 39.7 Å². The Kier molecular flexibility index (Phi) is 4.19. The van der Waals surface area contributed by atoms with E-state index < -0.39 is 11.8 Å². The lowest BCUT2D eigenvalue weighted by Crippen LogP contribution is -2.29. The molecule has 4 heterocycles. The number of carbonyl (C=O) groups excluding carboxylic acids is 2. The van der Waals surface area contributed by atoms with E-state index in [2.05, 4.69) is 21.3 Å². The zero-order chi connectivity index (χ0) is 21.8. The molecule has 0 spiro atoms. The number of aromatic hydroxyl groups is 1. The van der Waals surface area contributed by atoms with Crippen LogP contribution in [0.4, 0.5) is 0 Å². The van der Waals surface area contributed by atoms with Crippen molar-refractivity contribution >= 4 is 44.8 Å². The molecule has 32 heavy (non-hydrogen) atoms. The summed E-state index contributed by atoms with van der Waals surface area (Å²) in [4.78, 5) is 26.0. The molecule has 7 heteroatoms. The molecule has 2 amide bonds. The summed E-state index contributed by atoms with van der Waals surface area (Å²) in [7, 11) is 0. The number of amides is 2. The van der Waals surface area contributed by atoms with Crippen LogP contribution in [0.2, 0.25) is 0 Å². The first kappa shape index (κ1) is 18.9. The highest BCUT2D eigenvalue weighted by atomic mass is 16.3. The third-order valence-electron chi connectivity index (χ3n) is 6.45. The minimum Gasteiger partial charge on any atom is -0.508 e. The van der Waals surface area contributed by atoms with Gasteiger partial charge in [0.15, 0.2) is 0 Å². The lowest BCUT2D eigenvalue weighted by Gasteiger charge is -2.25. The van der Waals surface area contributed by atoms with Crippen molar-refractivity contribution in [3.05, 3.63) is 66.1 Å². The molecule has 2 aromatic heterocycles. The maximum atomic E-state index is 13.1. The maximum absolute atomic E-state index is 13.1. The molecule has 4 aromatic rings. The van der Waals surface area contributed by atoms with E-state index in [4.69, 9.17) is 4.42 Å². The lowest BCUT2D eigenvalue weighted by atomic mass is 9.95. The Labute approximate surface area is 183 Å². The van der Waals surface area contributed by atoms with Crippen molar-refractivity contribution in [2.24, 2.45) is 0 Å². The number of hydrogen-bond donors (Lipinski definition) is 3. The molecule has 160 valence electrons. The van der Waals surface area contributed by atoms with Crippen LogP contribution in [0.5, 0.6) is 5.75 Å². The van der Waals surface area contributed by atoms with Gasteiger partial charge in [-0.2, -0.15) is 0 Å². The highest BCUT2D eigenvalue weighted by molar-refractivity contribution is 6.50. The number of benzene rings is 2. The Morgan fingerprint density at radius 3 is 2.53 bits per heavy atom. The van der Waals surface area contributed by atoms with Crippen molar-refractivity contribution in [3.63, 3.8) is 0 Å². The van der Waals surface area contributed by atoms with E-state index in [0.29, 0.717) is 33.7 Å². The lowest BCUT2D eigenvalue weighted by molar-refractivity contribution is -0.122. The molecule has 0 atom stereocenters. The molecule has 2 aliphatic rings. The first-order valence-electron chi connectivity index (χ1n) is 10.7. The van der Waals surface area contributed by atoms with Crippen molar-refractivity contribution in [2.45, 2.75) is 18.9 Å². The van der Waals surface area contributed by atoms with Gasteiger partial charge in [-0.1, -0.05) is 18.2 Å². The highest BCUT2D eigenvalue weighted by Gasteiger charge is 2.36. The van der Waals surface area contributed by atoms with E-state index in [1.54, 1.807) is 12.1 Å². The van der Waals surface area contributed by atoms with Crippen molar-refractivity contribution in [1.29, 1.82) is 0 Å². The Balaban J connectivity index is 1.64. The second kappa shape index (κ2) is 7.10. The van der Waals surface area contributed by atoms with Crippen molar-refractivity contribution < 1.29 is 19.1 Å². The van der Waals surface area contributed by atoms with Gasteiger partial charge in [-0.3, -0.25) is 14.9 Å². The number of nitrogens with one attached hydrogen (secondary N) is 2. The van der Waals surface area contributed by atoms with Gasteiger partial charge in [0.2, 0.25) is 0 Å². The van der Waals surface area contributed by atoms with Crippen LogP contribution in [-0.2, 0) is 9.59 Å². The molecule has 0 bridgehead atoms. The molecule has 0 aliphatic carbocycles. The normalized spacial score (nSPS) is 17.6. The Hall–Kier alpha value is -3.84. The topological polar surface area (TPSA) is 96.5 Å². The number of para-hydroxylation sites is 1. The third-order valence-corrected chi connectivity index (χ3v) is 6.45. The minimum absolute atomic E-state index is 0.00466. The summed E-state index contributed by atoms with van der Waals surface area (Å²) in [5, 5.41) is 17.7. The van der Waals surface area contributed by atoms with Crippen molar-refractivity contribution in [1.82, 2.24) is 15.2 Å². The van der Waals surface area contributed by atoms with Crippen molar-refractivity contribution in [2.75, 3.05) is 13.1 Å². The molecule has 2 aliphatic heterocycles. The summed E-state index contributed by atoms with van der Waals surface area (Å²) >= 11 is 0. The van der Waals surface area contributed by atoms with Gasteiger partial charge in [-0.15, -0.1) is 0 Å². The fraction of sp³-hybridized carbons (Fsp3) is 0.200. The molecule has 1 saturated heterocycles. The number of fused-ring (bicyclic) bond motifs is 2. The number of piperidine rings is 1. The Bertz CT molecular complexity index is 1440. The number of furan rings is 1. The predicted molar refractivity (Wildman–Crippen MR) is 121 cm³/mol. The molecule has 1 fully saturated rings. The van der Waals surface area contributed by atoms with E-state index in [1.165, 1.54) is 12.3 Å². The van der Waals surface area contributed by atoms with Crippen LogP contribution in [0.25, 0.3) is 33.0 Å². The van der Waals surface area contributed by atoms with Crippen molar-refractivity contribution in [3.8, 4) is 5.75 Å². The van der Waals surface area contributed by atoms with Crippen LogP contribution in [0.15, 0.2) is 59.3 Å². The molecule has 2 aromatic carbocycles. The quantitative estimate of drug-likeness (QED) is 0.434. The van der Waals surface area contributed by atoms with E-state index in [9.17, 15) is 14.7 Å². The predicted octanol–water partition coefficient (Wildman–Crippen LogP) is 3.58. The average molecular weight is 427 g/mol. The van der Waals surface area contributed by atoms with Crippen LogP contribution in [-0.4, -0.2) is 34.6 Å². The summed E-state index contributed by atoms with van der Waals surface area (Å²) in [5.74, 6) is -0.932. The summed E-state index contributed by atoms with van der Waals surface area (Å²) < 4.78 is 7.86. The number of rotatable bonds is 3. The third kappa shape index (κ3) is 2.78. The van der Waals surface area contributed by atoms with E-state index in [0.717, 1.165) is 36.8 Å². The van der Waals surface area contributed by atoms with Crippen LogP contribution in [0, 0.1) is 0 Å². The van der Waals surface area contributed by atoms with Crippen LogP contribution in [0.3, 0.4) is 0 Å². The summed E-state index contributed by atoms with van der Waals surface area (Å²) in [5.41, 5.74) is 3.14. The summed E-state index contributed by atoms with van der Waals surface area (Å²) in [6.07, 6.45) is 5.49. The number of nitrogens with zero attached hydrogens (tertiary/aromatic N) is 1. The number of imide groups is 1. The monoisotopic (exact) mass is 427 g/mol. The van der Waals surface area contributed by atoms with Gasteiger partial charge in [0.1, 0.15) is 11.3 Å². The number of phenolic OH excluding ortho intramolecular Hbond substituents is 1. The van der Waals surface area contributed by atoms with Crippen LogP contribution in [0.1, 0.15) is 30.0 Å². The molecule has 0 unspecified atom stereocenters. The Morgan fingerprint density at radius 1 is 0.969 bits per heavy atom. The van der Waals surface area contributed by atoms with Gasteiger partial charge < -0.3 is 19.4 Å². The molecule has 7 nitrogen and oxygen atoms in total. The zero-order valence-electron chi connectivity index (χ0n) is 17.2. The average Bonchev–Trinajstić information content (AvgIpc) is 3.49. The van der Waals surface area contributed by atoms with E-state index in [-0.39, 0.29) is 11.3 Å². The van der Waals surface area contributed by atoms with Gasteiger partial charge in [-0.25, -0.2) is 0 Å². The van der Waals surface area contributed by atoms with Gasteiger partial charge in [0.25, 0.3) is 11.8 Å². The first-order valence-corrected chi connectivity index (χ1v) is 10.7.